The Kier molecular flexibility index (Phi) is 3.28. The van der Waals surface area contributed by atoms with Crippen molar-refractivity contribution in [1.82, 2.24) is 10.2 Å². The molecule has 2 rings (SSSR count). The van der Waals surface area contributed by atoms with Crippen molar-refractivity contribution in [2.45, 2.75) is 24.8 Å². The molecule has 0 aromatic carbocycles. The highest BCUT2D eigenvalue weighted by atomic mass is 32.2. The summed E-state index contributed by atoms with van der Waals surface area (Å²) in [7, 11) is 0. The number of thioether (sulfide) groups is 1. The van der Waals surface area contributed by atoms with E-state index in [-0.39, 0.29) is 4.75 Å². The molecule has 0 bridgehead atoms. The van der Waals surface area contributed by atoms with Gasteiger partial charge in [-0.3, -0.25) is 0 Å². The van der Waals surface area contributed by atoms with Crippen molar-refractivity contribution in [2.24, 2.45) is 0 Å². The Hall–Kier alpha value is -0.500. The van der Waals surface area contributed by atoms with Crippen LogP contribution in [0.3, 0.4) is 0 Å². The molecule has 3 nitrogen and oxygen atoms in total. The average molecular weight is 283 g/mol. The summed E-state index contributed by atoms with van der Waals surface area (Å²) in [6.07, 6.45) is -4.39. The lowest BCUT2D eigenvalue weighted by atomic mass is 10.2. The van der Waals surface area contributed by atoms with Crippen LogP contribution in [0.4, 0.5) is 18.3 Å². The topological polar surface area (TPSA) is 29.0 Å². The quantitative estimate of drug-likeness (QED) is 0.792. The first-order valence-electron chi connectivity index (χ1n) is 5.07. The van der Waals surface area contributed by atoms with Gasteiger partial charge in [-0.25, -0.2) is 0 Å². The first-order chi connectivity index (χ1) is 7.78. The molecule has 0 amide bonds. The fraction of sp³-hybridized carbons (Fsp3) is 0.778. The van der Waals surface area contributed by atoms with Crippen LogP contribution in [-0.2, 0) is 6.18 Å². The SMILES string of the molecule is CC1(C)CN(c2nnc(C(F)(F)F)s2)CCS1. The number of rotatable bonds is 1. The predicted molar refractivity (Wildman–Crippen MR) is 63.7 cm³/mol. The molecule has 0 radical (unpaired) electrons. The zero-order chi connectivity index (χ0) is 12.7. The van der Waals surface area contributed by atoms with Crippen molar-refractivity contribution in [2.75, 3.05) is 23.7 Å². The molecular formula is C9H12F3N3S2. The van der Waals surface area contributed by atoms with Gasteiger partial charge in [-0.05, 0) is 13.8 Å². The van der Waals surface area contributed by atoms with Crippen LogP contribution < -0.4 is 4.90 Å². The molecule has 0 aliphatic carbocycles. The van der Waals surface area contributed by atoms with Crippen LogP contribution in [0.1, 0.15) is 18.9 Å². The van der Waals surface area contributed by atoms with Crippen LogP contribution in [0.25, 0.3) is 0 Å². The molecule has 1 aromatic rings. The summed E-state index contributed by atoms with van der Waals surface area (Å²) >= 11 is 2.44. The Morgan fingerprint density at radius 2 is 2.00 bits per heavy atom. The molecular weight excluding hydrogens is 271 g/mol. The largest absolute Gasteiger partial charge is 0.445 e. The second-order valence-corrected chi connectivity index (χ2v) is 7.18. The van der Waals surface area contributed by atoms with Crippen LogP contribution in [0, 0.1) is 0 Å². The van der Waals surface area contributed by atoms with E-state index in [0.717, 1.165) is 12.3 Å². The number of hydrogen-bond acceptors (Lipinski definition) is 5. The first kappa shape index (κ1) is 12.9. The fourth-order valence-electron chi connectivity index (χ4n) is 1.64. The van der Waals surface area contributed by atoms with E-state index in [4.69, 9.17) is 0 Å². The summed E-state index contributed by atoms with van der Waals surface area (Å²) in [5.41, 5.74) is 0. The Balaban J connectivity index is 2.15. The van der Waals surface area contributed by atoms with Crippen molar-refractivity contribution >= 4 is 28.2 Å². The third-order valence-corrected chi connectivity index (χ3v) is 4.68. The molecule has 1 aromatic heterocycles. The van der Waals surface area contributed by atoms with E-state index < -0.39 is 11.2 Å². The second kappa shape index (κ2) is 4.31. The smallest absolute Gasteiger partial charge is 0.344 e. The van der Waals surface area contributed by atoms with Crippen LogP contribution in [0.2, 0.25) is 0 Å². The van der Waals surface area contributed by atoms with Gasteiger partial charge < -0.3 is 4.90 Å². The van der Waals surface area contributed by atoms with Gasteiger partial charge in [-0.15, -0.1) is 10.2 Å². The number of nitrogens with zero attached hydrogens (tertiary/aromatic N) is 3. The van der Waals surface area contributed by atoms with E-state index in [9.17, 15) is 13.2 Å². The summed E-state index contributed by atoms with van der Waals surface area (Å²) in [5, 5.41) is 6.34. The maximum absolute atomic E-state index is 12.4. The lowest BCUT2D eigenvalue weighted by Crippen LogP contribution is -2.43. The van der Waals surface area contributed by atoms with E-state index in [0.29, 0.717) is 23.0 Å². The maximum atomic E-state index is 12.4. The highest BCUT2D eigenvalue weighted by Gasteiger charge is 2.37. The number of anilines is 1. The van der Waals surface area contributed by atoms with E-state index >= 15 is 0 Å². The molecule has 8 heteroatoms. The van der Waals surface area contributed by atoms with Crippen molar-refractivity contribution in [3.63, 3.8) is 0 Å². The molecule has 1 aliphatic heterocycles. The number of halogens is 3. The Bertz CT molecular complexity index is 402. The van der Waals surface area contributed by atoms with Crippen molar-refractivity contribution in [1.29, 1.82) is 0 Å². The molecule has 1 saturated heterocycles. The monoisotopic (exact) mass is 283 g/mol. The van der Waals surface area contributed by atoms with Crippen LogP contribution in [-0.4, -0.2) is 33.8 Å². The highest BCUT2D eigenvalue weighted by Crippen LogP contribution is 2.37. The van der Waals surface area contributed by atoms with E-state index in [1.165, 1.54) is 0 Å². The normalized spacial score (nSPS) is 20.6. The highest BCUT2D eigenvalue weighted by molar-refractivity contribution is 8.00. The van der Waals surface area contributed by atoms with E-state index in [2.05, 4.69) is 24.0 Å². The third-order valence-electron chi connectivity index (χ3n) is 2.35. The third kappa shape index (κ3) is 3.04. The number of aromatic nitrogens is 2. The molecule has 17 heavy (non-hydrogen) atoms. The first-order valence-corrected chi connectivity index (χ1v) is 6.88. The van der Waals surface area contributed by atoms with Gasteiger partial charge in [0.1, 0.15) is 0 Å². The second-order valence-electron chi connectivity index (χ2n) is 4.42. The summed E-state index contributed by atoms with van der Waals surface area (Å²) < 4.78 is 37.3. The average Bonchev–Trinajstić information content (AvgIpc) is 2.63. The Morgan fingerprint density at radius 3 is 2.53 bits per heavy atom. The van der Waals surface area contributed by atoms with E-state index in [1.54, 1.807) is 0 Å². The number of hydrogen-bond donors (Lipinski definition) is 0. The molecule has 1 fully saturated rings. The van der Waals surface area contributed by atoms with E-state index in [1.807, 2.05) is 16.7 Å². The zero-order valence-electron chi connectivity index (χ0n) is 9.41. The van der Waals surface area contributed by atoms with Gasteiger partial charge in [-0.2, -0.15) is 24.9 Å². The van der Waals surface area contributed by atoms with Crippen molar-refractivity contribution in [3.8, 4) is 0 Å². The van der Waals surface area contributed by atoms with Gasteiger partial charge in [-0.1, -0.05) is 11.3 Å². The lowest BCUT2D eigenvalue weighted by molar-refractivity contribution is -0.138. The zero-order valence-corrected chi connectivity index (χ0v) is 11.0. The summed E-state index contributed by atoms with van der Waals surface area (Å²) in [4.78, 5) is 1.88. The van der Waals surface area contributed by atoms with Crippen molar-refractivity contribution in [3.05, 3.63) is 5.01 Å². The van der Waals surface area contributed by atoms with Gasteiger partial charge in [0.15, 0.2) is 0 Å². The number of alkyl halides is 3. The molecule has 0 atom stereocenters. The van der Waals surface area contributed by atoms with Gasteiger partial charge in [0, 0.05) is 23.6 Å². The van der Waals surface area contributed by atoms with Crippen LogP contribution in [0.5, 0.6) is 0 Å². The predicted octanol–water partition coefficient (Wildman–Crippen LogP) is 2.89. The Morgan fingerprint density at radius 1 is 1.29 bits per heavy atom. The summed E-state index contributed by atoms with van der Waals surface area (Å²) in [6, 6.07) is 0. The molecule has 0 unspecified atom stereocenters. The van der Waals surface area contributed by atoms with Gasteiger partial charge in [0.25, 0.3) is 0 Å². The van der Waals surface area contributed by atoms with Crippen LogP contribution >= 0.6 is 23.1 Å². The molecule has 0 saturated carbocycles. The summed E-state index contributed by atoms with van der Waals surface area (Å²) in [6.45, 7) is 5.58. The molecule has 96 valence electrons. The van der Waals surface area contributed by atoms with Crippen molar-refractivity contribution < 1.29 is 13.2 Å². The molecule has 2 heterocycles. The molecule has 1 aliphatic rings. The van der Waals surface area contributed by atoms with Crippen LogP contribution in [0.15, 0.2) is 0 Å². The minimum atomic E-state index is -4.39. The summed E-state index contributed by atoms with van der Waals surface area (Å²) in [5.74, 6) is 0.897. The maximum Gasteiger partial charge on any atom is 0.445 e. The van der Waals surface area contributed by atoms with Gasteiger partial charge in [0.05, 0.1) is 0 Å². The standard InChI is InChI=1S/C9H12F3N3S2/c1-8(2)5-15(3-4-16-8)7-14-13-6(17-7)9(10,11)12/h3-5H2,1-2H3. The molecule has 0 spiro atoms. The molecule has 0 N–H and O–H groups in total. The van der Waals surface area contributed by atoms with Gasteiger partial charge >= 0.3 is 6.18 Å². The fourth-order valence-corrected chi connectivity index (χ4v) is 3.49. The minimum absolute atomic E-state index is 0.0440. The minimum Gasteiger partial charge on any atom is -0.344 e. The lowest BCUT2D eigenvalue weighted by Gasteiger charge is -2.37. The Labute approximate surface area is 105 Å². The van der Waals surface area contributed by atoms with Gasteiger partial charge in [0.2, 0.25) is 10.1 Å².